The summed E-state index contributed by atoms with van der Waals surface area (Å²) in [7, 11) is 0. The van der Waals surface area contributed by atoms with Gasteiger partial charge in [-0.1, -0.05) is 17.7 Å². The lowest BCUT2D eigenvalue weighted by molar-refractivity contribution is 0.318. The zero-order valence-corrected chi connectivity index (χ0v) is 16.4. The quantitative estimate of drug-likeness (QED) is 0.243. The van der Waals surface area contributed by atoms with Gasteiger partial charge >= 0.3 is 0 Å². The van der Waals surface area contributed by atoms with Crippen LogP contribution in [0.1, 0.15) is 6.42 Å². The highest BCUT2D eigenvalue weighted by molar-refractivity contribution is 6.30. The Kier molecular flexibility index (Phi) is 5.70. The second-order valence-corrected chi connectivity index (χ2v) is 6.94. The zero-order chi connectivity index (χ0) is 19.3. The van der Waals surface area contributed by atoms with E-state index >= 15 is 0 Å². The average molecular weight is 414 g/mol. The van der Waals surface area contributed by atoms with Gasteiger partial charge in [-0.3, -0.25) is 0 Å². The van der Waals surface area contributed by atoms with Crippen molar-refractivity contribution < 1.29 is 13.9 Å². The predicted molar refractivity (Wildman–Crippen MR) is 112 cm³/mol. The molecule has 142 valence electrons. The van der Waals surface area contributed by atoms with Crippen molar-refractivity contribution in [1.82, 2.24) is 4.98 Å². The number of hydrogen-bond acceptors (Lipinski definition) is 4. The van der Waals surface area contributed by atoms with Crippen LogP contribution in [0.5, 0.6) is 17.2 Å². The van der Waals surface area contributed by atoms with Crippen molar-refractivity contribution in [1.29, 1.82) is 0 Å². The molecule has 4 aromatic rings. The third kappa shape index (κ3) is 4.41. The molecule has 0 atom stereocenters. The SMILES string of the molecule is ClCCCOc1cccc(-c2nc3ccc(Oc4ccc(Cl)cc4)cc3o2)c1. The Labute approximate surface area is 172 Å². The van der Waals surface area contributed by atoms with Crippen LogP contribution < -0.4 is 9.47 Å². The van der Waals surface area contributed by atoms with Crippen LogP contribution in [-0.4, -0.2) is 17.5 Å². The van der Waals surface area contributed by atoms with Crippen LogP contribution in [0.3, 0.4) is 0 Å². The molecule has 0 aliphatic rings. The minimum absolute atomic E-state index is 0.529. The Morgan fingerprint density at radius 3 is 2.54 bits per heavy atom. The van der Waals surface area contributed by atoms with E-state index in [1.807, 2.05) is 54.6 Å². The molecule has 3 aromatic carbocycles. The molecule has 0 unspecified atom stereocenters. The maximum atomic E-state index is 5.94. The summed E-state index contributed by atoms with van der Waals surface area (Å²) in [6, 6.07) is 20.4. The van der Waals surface area contributed by atoms with E-state index in [1.54, 1.807) is 12.1 Å². The Morgan fingerprint density at radius 1 is 0.893 bits per heavy atom. The van der Waals surface area contributed by atoms with Gasteiger partial charge in [-0.15, -0.1) is 11.6 Å². The van der Waals surface area contributed by atoms with Crippen molar-refractivity contribution in [3.63, 3.8) is 0 Å². The lowest BCUT2D eigenvalue weighted by atomic mass is 10.2. The standard InChI is InChI=1S/C22H17Cl2NO3/c23-11-2-12-26-18-4-1-3-15(13-18)22-25-20-10-9-19(14-21(20)28-22)27-17-7-5-16(24)6-8-17/h1,3-10,13-14H,2,11-12H2. The van der Waals surface area contributed by atoms with Crippen LogP contribution in [0.4, 0.5) is 0 Å². The van der Waals surface area contributed by atoms with Crippen molar-refractivity contribution in [3.05, 3.63) is 71.8 Å². The van der Waals surface area contributed by atoms with Gasteiger partial charge in [0.1, 0.15) is 22.8 Å². The molecular formula is C22H17Cl2NO3. The van der Waals surface area contributed by atoms with Crippen LogP contribution in [-0.2, 0) is 0 Å². The number of benzene rings is 3. The van der Waals surface area contributed by atoms with Gasteiger partial charge in [-0.2, -0.15) is 0 Å². The fourth-order valence-corrected chi connectivity index (χ4v) is 2.93. The summed E-state index contributed by atoms with van der Waals surface area (Å²) in [4.78, 5) is 4.56. The van der Waals surface area contributed by atoms with E-state index in [0.717, 1.165) is 23.3 Å². The first kappa shape index (κ1) is 18.7. The summed E-state index contributed by atoms with van der Waals surface area (Å²) >= 11 is 11.6. The summed E-state index contributed by atoms with van der Waals surface area (Å²) in [5, 5.41) is 0.663. The van der Waals surface area contributed by atoms with Gasteiger partial charge in [0.15, 0.2) is 5.58 Å². The van der Waals surface area contributed by atoms with Crippen LogP contribution in [0.2, 0.25) is 5.02 Å². The molecule has 0 fully saturated rings. The van der Waals surface area contributed by atoms with Crippen LogP contribution in [0.15, 0.2) is 71.1 Å². The molecule has 0 saturated heterocycles. The van der Waals surface area contributed by atoms with E-state index in [-0.39, 0.29) is 0 Å². The number of aromatic nitrogens is 1. The molecule has 0 aliphatic carbocycles. The van der Waals surface area contributed by atoms with E-state index in [1.165, 1.54) is 0 Å². The smallest absolute Gasteiger partial charge is 0.227 e. The average Bonchev–Trinajstić information content (AvgIpc) is 3.14. The molecule has 4 rings (SSSR count). The first-order valence-electron chi connectivity index (χ1n) is 8.84. The molecule has 1 heterocycles. The second-order valence-electron chi connectivity index (χ2n) is 6.12. The topological polar surface area (TPSA) is 44.5 Å². The van der Waals surface area contributed by atoms with Crippen molar-refractivity contribution in [2.24, 2.45) is 0 Å². The van der Waals surface area contributed by atoms with E-state index in [9.17, 15) is 0 Å². The summed E-state index contributed by atoms with van der Waals surface area (Å²) < 4.78 is 17.5. The first-order chi connectivity index (χ1) is 13.7. The molecule has 6 heteroatoms. The number of hydrogen-bond donors (Lipinski definition) is 0. The predicted octanol–water partition coefficient (Wildman–Crippen LogP) is 6.95. The van der Waals surface area contributed by atoms with Crippen molar-refractivity contribution in [3.8, 4) is 28.7 Å². The van der Waals surface area contributed by atoms with Crippen LogP contribution in [0, 0.1) is 0 Å². The Bertz CT molecular complexity index is 1080. The highest BCUT2D eigenvalue weighted by atomic mass is 35.5. The number of oxazole rings is 1. The molecule has 0 bridgehead atoms. The summed E-state index contributed by atoms with van der Waals surface area (Å²) in [5.74, 6) is 3.23. The lowest BCUT2D eigenvalue weighted by Gasteiger charge is -2.05. The molecule has 0 radical (unpaired) electrons. The molecule has 0 N–H and O–H groups in total. The molecule has 0 saturated carbocycles. The molecule has 1 aromatic heterocycles. The van der Waals surface area contributed by atoms with Gasteiger partial charge in [0.2, 0.25) is 5.89 Å². The highest BCUT2D eigenvalue weighted by Gasteiger charge is 2.11. The third-order valence-electron chi connectivity index (χ3n) is 4.04. The third-order valence-corrected chi connectivity index (χ3v) is 4.56. The summed E-state index contributed by atoms with van der Waals surface area (Å²) in [6.07, 6.45) is 0.797. The van der Waals surface area contributed by atoms with E-state index in [4.69, 9.17) is 37.1 Å². The van der Waals surface area contributed by atoms with Crippen LogP contribution >= 0.6 is 23.2 Å². The largest absolute Gasteiger partial charge is 0.494 e. The number of alkyl halides is 1. The van der Waals surface area contributed by atoms with Gasteiger partial charge < -0.3 is 13.9 Å². The van der Waals surface area contributed by atoms with Gasteiger partial charge in [-0.25, -0.2) is 4.98 Å². The maximum Gasteiger partial charge on any atom is 0.227 e. The Morgan fingerprint density at radius 2 is 1.71 bits per heavy atom. The van der Waals surface area contributed by atoms with E-state index in [0.29, 0.717) is 40.5 Å². The van der Waals surface area contributed by atoms with E-state index < -0.39 is 0 Å². The molecule has 0 aliphatic heterocycles. The van der Waals surface area contributed by atoms with Crippen molar-refractivity contribution in [2.75, 3.05) is 12.5 Å². The minimum Gasteiger partial charge on any atom is -0.494 e. The van der Waals surface area contributed by atoms with Gasteiger partial charge in [-0.05, 0) is 61.0 Å². The van der Waals surface area contributed by atoms with Gasteiger partial charge in [0, 0.05) is 22.5 Å². The summed E-state index contributed by atoms with van der Waals surface area (Å²) in [5.41, 5.74) is 2.25. The van der Waals surface area contributed by atoms with Crippen LogP contribution in [0.25, 0.3) is 22.6 Å². The lowest BCUT2D eigenvalue weighted by Crippen LogP contribution is -1.97. The molecule has 0 spiro atoms. The number of nitrogens with zero attached hydrogens (tertiary/aromatic N) is 1. The molecule has 28 heavy (non-hydrogen) atoms. The first-order valence-corrected chi connectivity index (χ1v) is 9.76. The Balaban J connectivity index is 1.56. The highest BCUT2D eigenvalue weighted by Crippen LogP contribution is 2.31. The maximum absolute atomic E-state index is 5.94. The minimum atomic E-state index is 0.529. The second kappa shape index (κ2) is 8.55. The monoisotopic (exact) mass is 413 g/mol. The molecular weight excluding hydrogens is 397 g/mol. The molecule has 0 amide bonds. The van der Waals surface area contributed by atoms with Crippen molar-refractivity contribution in [2.45, 2.75) is 6.42 Å². The number of fused-ring (bicyclic) bond motifs is 1. The normalized spacial score (nSPS) is 10.9. The molecule has 4 nitrogen and oxygen atoms in total. The number of rotatable bonds is 7. The fourth-order valence-electron chi connectivity index (χ4n) is 2.69. The number of halogens is 2. The van der Waals surface area contributed by atoms with Gasteiger partial charge in [0.25, 0.3) is 0 Å². The zero-order valence-electron chi connectivity index (χ0n) is 14.9. The fraction of sp³-hybridized carbons (Fsp3) is 0.136. The van der Waals surface area contributed by atoms with Gasteiger partial charge in [0.05, 0.1) is 6.61 Å². The Hall–Kier alpha value is -2.69. The van der Waals surface area contributed by atoms with E-state index in [2.05, 4.69) is 4.98 Å². The number of ether oxygens (including phenoxy) is 2. The van der Waals surface area contributed by atoms with Crippen molar-refractivity contribution >= 4 is 34.3 Å². The summed E-state index contributed by atoms with van der Waals surface area (Å²) in [6.45, 7) is 0.575.